The van der Waals surface area contributed by atoms with Crippen molar-refractivity contribution in [2.24, 2.45) is 22.7 Å². The van der Waals surface area contributed by atoms with Gasteiger partial charge in [-0.25, -0.2) is 0 Å². The average Bonchev–Trinajstić information content (AvgIpc) is 3.03. The standard InChI is InChI=1S/C18H33N5.HI/c1-15-6-8-17(9-7-15)14-22(4)18(19-3)20-12-16(2)13-23-11-5-10-21-23;/h5,10-11,15-17H,6-9,12-14H2,1-4H3,(H,19,20);1H. The van der Waals surface area contributed by atoms with Crippen LogP contribution < -0.4 is 5.32 Å². The molecule has 1 N–H and O–H groups in total. The SMILES string of the molecule is CN=C(NCC(C)Cn1cccn1)N(C)CC1CCC(C)CC1.I. The minimum Gasteiger partial charge on any atom is -0.356 e. The van der Waals surface area contributed by atoms with Crippen LogP contribution in [0.3, 0.4) is 0 Å². The Morgan fingerprint density at radius 3 is 2.67 bits per heavy atom. The van der Waals surface area contributed by atoms with Crippen LogP contribution in [-0.4, -0.2) is 47.8 Å². The zero-order valence-corrected chi connectivity index (χ0v) is 17.9. The van der Waals surface area contributed by atoms with Crippen LogP contribution in [0.5, 0.6) is 0 Å². The molecule has 1 aromatic rings. The van der Waals surface area contributed by atoms with Gasteiger partial charge in [0.25, 0.3) is 0 Å². The molecule has 0 saturated heterocycles. The summed E-state index contributed by atoms with van der Waals surface area (Å²) in [7, 11) is 4.03. The second kappa shape index (κ2) is 10.9. The van der Waals surface area contributed by atoms with Crippen LogP contribution in [-0.2, 0) is 6.54 Å². The molecule has 1 aliphatic carbocycles. The van der Waals surface area contributed by atoms with Crippen LogP contribution in [0.1, 0.15) is 39.5 Å². The molecule has 1 heterocycles. The molecule has 2 rings (SSSR count). The highest BCUT2D eigenvalue weighted by Gasteiger charge is 2.20. The van der Waals surface area contributed by atoms with Gasteiger partial charge >= 0.3 is 0 Å². The molecular formula is C18H34IN5. The first-order valence-corrected chi connectivity index (χ1v) is 8.97. The van der Waals surface area contributed by atoms with Gasteiger partial charge in [-0.1, -0.05) is 26.7 Å². The Hall–Kier alpha value is -0.790. The van der Waals surface area contributed by atoms with Gasteiger partial charge in [-0.15, -0.1) is 24.0 Å². The van der Waals surface area contributed by atoms with Gasteiger partial charge in [-0.05, 0) is 36.7 Å². The van der Waals surface area contributed by atoms with E-state index in [1.54, 1.807) is 0 Å². The highest BCUT2D eigenvalue weighted by molar-refractivity contribution is 14.0. The first-order valence-electron chi connectivity index (χ1n) is 8.97. The van der Waals surface area contributed by atoms with Crippen LogP contribution >= 0.6 is 24.0 Å². The van der Waals surface area contributed by atoms with Crippen LogP contribution in [0.25, 0.3) is 0 Å². The summed E-state index contributed by atoms with van der Waals surface area (Å²) in [5, 5.41) is 7.78. The molecule has 1 aliphatic rings. The average molecular weight is 447 g/mol. The summed E-state index contributed by atoms with van der Waals surface area (Å²) >= 11 is 0. The number of aromatic nitrogens is 2. The van der Waals surface area contributed by atoms with Crippen molar-refractivity contribution in [2.45, 2.75) is 46.1 Å². The molecule has 1 fully saturated rings. The minimum absolute atomic E-state index is 0. The van der Waals surface area contributed by atoms with Gasteiger partial charge in [0.05, 0.1) is 0 Å². The van der Waals surface area contributed by atoms with E-state index in [9.17, 15) is 0 Å². The molecule has 0 aliphatic heterocycles. The summed E-state index contributed by atoms with van der Waals surface area (Å²) < 4.78 is 1.99. The van der Waals surface area contributed by atoms with Crippen molar-refractivity contribution < 1.29 is 0 Å². The smallest absolute Gasteiger partial charge is 0.193 e. The normalized spacial score (nSPS) is 22.6. The fraction of sp³-hybridized carbons (Fsp3) is 0.778. The first kappa shape index (κ1) is 21.3. The number of aliphatic imine (C=N–C) groups is 1. The van der Waals surface area contributed by atoms with Gasteiger partial charge in [0.1, 0.15) is 0 Å². The van der Waals surface area contributed by atoms with Crippen LogP contribution in [0, 0.1) is 17.8 Å². The molecule has 5 nitrogen and oxygen atoms in total. The van der Waals surface area contributed by atoms with Crippen molar-refractivity contribution in [3.8, 4) is 0 Å². The molecule has 0 spiro atoms. The highest BCUT2D eigenvalue weighted by Crippen LogP contribution is 2.28. The Balaban J connectivity index is 0.00000288. The van der Waals surface area contributed by atoms with Gasteiger partial charge in [0.15, 0.2) is 5.96 Å². The molecule has 1 saturated carbocycles. The van der Waals surface area contributed by atoms with Crippen molar-refractivity contribution in [3.63, 3.8) is 0 Å². The Bertz CT molecular complexity index is 466. The largest absolute Gasteiger partial charge is 0.356 e. The monoisotopic (exact) mass is 447 g/mol. The predicted molar refractivity (Wildman–Crippen MR) is 112 cm³/mol. The summed E-state index contributed by atoms with van der Waals surface area (Å²) in [5.41, 5.74) is 0. The Labute approximate surface area is 164 Å². The molecule has 1 atom stereocenters. The van der Waals surface area contributed by atoms with E-state index in [0.717, 1.165) is 37.4 Å². The van der Waals surface area contributed by atoms with Crippen molar-refractivity contribution >= 4 is 29.9 Å². The lowest BCUT2D eigenvalue weighted by atomic mass is 9.83. The third-order valence-electron chi connectivity index (χ3n) is 4.91. The summed E-state index contributed by atoms with van der Waals surface area (Å²) in [4.78, 5) is 6.74. The maximum absolute atomic E-state index is 4.45. The maximum Gasteiger partial charge on any atom is 0.193 e. The lowest BCUT2D eigenvalue weighted by Crippen LogP contribution is -2.43. The number of guanidine groups is 1. The fourth-order valence-corrected chi connectivity index (χ4v) is 3.43. The molecule has 138 valence electrons. The number of nitrogens with one attached hydrogen (secondary N) is 1. The topological polar surface area (TPSA) is 45.5 Å². The van der Waals surface area contributed by atoms with Crippen LogP contribution in [0.2, 0.25) is 0 Å². The van der Waals surface area contributed by atoms with Gasteiger partial charge in [-0.3, -0.25) is 9.67 Å². The van der Waals surface area contributed by atoms with Gasteiger partial charge in [-0.2, -0.15) is 5.10 Å². The van der Waals surface area contributed by atoms with E-state index < -0.39 is 0 Å². The quantitative estimate of drug-likeness (QED) is 0.413. The van der Waals surface area contributed by atoms with E-state index in [1.165, 1.54) is 25.7 Å². The molecule has 0 aromatic carbocycles. The number of hydrogen-bond donors (Lipinski definition) is 1. The second-order valence-electron chi connectivity index (χ2n) is 7.27. The summed E-state index contributed by atoms with van der Waals surface area (Å²) in [6, 6.07) is 1.97. The van der Waals surface area contributed by atoms with Crippen LogP contribution in [0.15, 0.2) is 23.5 Å². The van der Waals surface area contributed by atoms with Gasteiger partial charge in [0, 0.05) is 46.1 Å². The van der Waals surface area contributed by atoms with E-state index in [1.807, 2.05) is 30.2 Å². The zero-order chi connectivity index (χ0) is 16.7. The molecule has 1 aromatic heterocycles. The van der Waals surface area contributed by atoms with E-state index in [-0.39, 0.29) is 24.0 Å². The highest BCUT2D eigenvalue weighted by atomic mass is 127. The fourth-order valence-electron chi connectivity index (χ4n) is 3.43. The second-order valence-corrected chi connectivity index (χ2v) is 7.27. The predicted octanol–water partition coefficient (Wildman–Crippen LogP) is 3.47. The Kier molecular flexibility index (Phi) is 9.69. The van der Waals surface area contributed by atoms with Crippen molar-refractivity contribution in [3.05, 3.63) is 18.5 Å². The van der Waals surface area contributed by atoms with Crippen molar-refractivity contribution in [1.29, 1.82) is 0 Å². The Morgan fingerprint density at radius 2 is 2.08 bits per heavy atom. The van der Waals surface area contributed by atoms with E-state index in [4.69, 9.17) is 0 Å². The molecular weight excluding hydrogens is 413 g/mol. The zero-order valence-electron chi connectivity index (χ0n) is 15.6. The minimum atomic E-state index is 0. The summed E-state index contributed by atoms with van der Waals surface area (Å²) in [6.07, 6.45) is 9.33. The summed E-state index contributed by atoms with van der Waals surface area (Å²) in [6.45, 7) is 7.58. The molecule has 0 radical (unpaired) electrons. The molecule has 0 bridgehead atoms. The lowest BCUT2D eigenvalue weighted by Gasteiger charge is -2.31. The third kappa shape index (κ3) is 6.99. The van der Waals surface area contributed by atoms with E-state index in [2.05, 4.69) is 41.2 Å². The summed E-state index contributed by atoms with van der Waals surface area (Å²) in [5.74, 6) is 3.25. The van der Waals surface area contributed by atoms with Crippen molar-refractivity contribution in [2.75, 3.05) is 27.2 Å². The van der Waals surface area contributed by atoms with Crippen LogP contribution in [0.4, 0.5) is 0 Å². The number of nitrogens with zero attached hydrogens (tertiary/aromatic N) is 4. The van der Waals surface area contributed by atoms with E-state index >= 15 is 0 Å². The molecule has 0 amide bonds. The van der Waals surface area contributed by atoms with Gasteiger partial charge < -0.3 is 10.2 Å². The van der Waals surface area contributed by atoms with Gasteiger partial charge in [0.2, 0.25) is 0 Å². The lowest BCUT2D eigenvalue weighted by molar-refractivity contribution is 0.249. The number of hydrogen-bond acceptors (Lipinski definition) is 2. The third-order valence-corrected chi connectivity index (χ3v) is 4.91. The van der Waals surface area contributed by atoms with E-state index in [0.29, 0.717) is 5.92 Å². The first-order chi connectivity index (χ1) is 11.1. The Morgan fingerprint density at radius 1 is 1.38 bits per heavy atom. The molecule has 6 heteroatoms. The van der Waals surface area contributed by atoms with Crippen molar-refractivity contribution in [1.82, 2.24) is 20.0 Å². The number of halogens is 1. The molecule has 1 unspecified atom stereocenters. The molecule has 24 heavy (non-hydrogen) atoms. The number of rotatable bonds is 6. The maximum atomic E-state index is 4.45.